The molecule has 1 aliphatic rings. The lowest BCUT2D eigenvalue weighted by atomic mass is 10.2. The van der Waals surface area contributed by atoms with Gasteiger partial charge in [-0.2, -0.15) is 0 Å². The number of nitrogens with zero attached hydrogens (tertiary/aromatic N) is 3. The number of piperazine rings is 1. The van der Waals surface area contributed by atoms with Crippen LogP contribution in [-0.4, -0.2) is 78.2 Å². The van der Waals surface area contributed by atoms with Crippen molar-refractivity contribution in [2.24, 2.45) is 0 Å². The fraction of sp³-hybridized carbons (Fsp3) is 0.476. The molecule has 2 aromatic heterocycles. The Bertz CT molecular complexity index is 881. The second-order valence-electron chi connectivity index (χ2n) is 7.19. The Labute approximate surface area is 180 Å². The van der Waals surface area contributed by atoms with E-state index in [4.69, 9.17) is 4.42 Å². The topological polar surface area (TPSA) is 86.1 Å². The number of hydrogen-bond acceptors (Lipinski definition) is 6. The quantitative estimate of drug-likeness (QED) is 0.727. The van der Waals surface area contributed by atoms with Gasteiger partial charge in [-0.25, -0.2) is 0 Å². The average Bonchev–Trinajstić information content (AvgIpc) is 3.39. The fourth-order valence-corrected chi connectivity index (χ4v) is 4.49. The van der Waals surface area contributed by atoms with Crippen molar-refractivity contribution in [2.45, 2.75) is 20.8 Å². The third-order valence-electron chi connectivity index (χ3n) is 5.23. The van der Waals surface area contributed by atoms with Gasteiger partial charge in [0.2, 0.25) is 5.91 Å². The highest BCUT2D eigenvalue weighted by Gasteiger charge is 2.26. The molecule has 3 rings (SSSR count). The SMILES string of the molecule is CCN(CC)C(=O)CN1CCN(C(=O)c2sc(NC(=O)c3ccco3)cc2C)CC1. The maximum absolute atomic E-state index is 13.0. The summed E-state index contributed by atoms with van der Waals surface area (Å²) in [7, 11) is 0. The Hall–Kier alpha value is -2.65. The van der Waals surface area contributed by atoms with Crippen LogP contribution in [0.3, 0.4) is 0 Å². The number of likely N-dealkylation sites (N-methyl/N-ethyl adjacent to an activating group) is 1. The molecule has 8 nitrogen and oxygen atoms in total. The Morgan fingerprint density at radius 1 is 1.17 bits per heavy atom. The predicted octanol–water partition coefficient (Wildman–Crippen LogP) is 2.53. The van der Waals surface area contributed by atoms with Crippen LogP contribution in [0.5, 0.6) is 0 Å². The summed E-state index contributed by atoms with van der Waals surface area (Å²) in [5.74, 6) is -0.0208. The smallest absolute Gasteiger partial charge is 0.291 e. The third kappa shape index (κ3) is 5.09. The molecule has 1 aliphatic heterocycles. The van der Waals surface area contributed by atoms with Crippen molar-refractivity contribution in [2.75, 3.05) is 51.1 Å². The lowest BCUT2D eigenvalue weighted by molar-refractivity contribution is -0.132. The summed E-state index contributed by atoms with van der Waals surface area (Å²) in [6.07, 6.45) is 1.44. The van der Waals surface area contributed by atoms with E-state index in [1.807, 2.05) is 30.6 Å². The maximum Gasteiger partial charge on any atom is 0.291 e. The molecule has 2 aromatic rings. The van der Waals surface area contributed by atoms with Crippen molar-refractivity contribution in [1.82, 2.24) is 14.7 Å². The van der Waals surface area contributed by atoms with E-state index in [1.165, 1.54) is 17.6 Å². The molecule has 0 unspecified atom stereocenters. The molecule has 0 bridgehead atoms. The first-order chi connectivity index (χ1) is 14.4. The zero-order valence-electron chi connectivity index (χ0n) is 17.6. The van der Waals surface area contributed by atoms with Crippen LogP contribution in [-0.2, 0) is 4.79 Å². The minimum Gasteiger partial charge on any atom is -0.459 e. The normalized spacial score (nSPS) is 14.6. The number of hydrogen-bond donors (Lipinski definition) is 1. The highest BCUT2D eigenvalue weighted by atomic mass is 32.1. The van der Waals surface area contributed by atoms with Crippen LogP contribution in [0, 0.1) is 6.92 Å². The molecule has 3 amide bonds. The van der Waals surface area contributed by atoms with Crippen LogP contribution in [0.1, 0.15) is 39.6 Å². The summed E-state index contributed by atoms with van der Waals surface area (Å²) < 4.78 is 5.10. The van der Waals surface area contributed by atoms with Crippen molar-refractivity contribution in [3.8, 4) is 0 Å². The van der Waals surface area contributed by atoms with Crippen molar-refractivity contribution in [3.63, 3.8) is 0 Å². The number of furan rings is 1. The Morgan fingerprint density at radius 2 is 1.87 bits per heavy atom. The molecule has 1 N–H and O–H groups in total. The second kappa shape index (κ2) is 9.90. The van der Waals surface area contributed by atoms with E-state index in [1.54, 1.807) is 18.2 Å². The first kappa shape index (κ1) is 22.0. The standard InChI is InChI=1S/C21H28N4O4S/c1-4-24(5-2)18(26)14-23-8-10-25(11-9-23)21(28)19-15(3)13-17(30-19)22-20(27)16-7-6-12-29-16/h6-7,12-13H,4-5,8-11,14H2,1-3H3,(H,22,27). The molecule has 0 radical (unpaired) electrons. The molecule has 3 heterocycles. The van der Waals surface area contributed by atoms with Gasteiger partial charge in [0.05, 0.1) is 22.7 Å². The summed E-state index contributed by atoms with van der Waals surface area (Å²) >= 11 is 1.27. The van der Waals surface area contributed by atoms with Gasteiger partial charge < -0.3 is 19.5 Å². The van der Waals surface area contributed by atoms with E-state index in [2.05, 4.69) is 10.2 Å². The average molecular weight is 433 g/mol. The number of anilines is 1. The van der Waals surface area contributed by atoms with Crippen molar-refractivity contribution in [3.05, 3.63) is 40.7 Å². The molecular weight excluding hydrogens is 404 g/mol. The zero-order chi connectivity index (χ0) is 21.7. The van der Waals surface area contributed by atoms with Gasteiger partial charge in [0.1, 0.15) is 0 Å². The monoisotopic (exact) mass is 432 g/mol. The molecule has 1 fully saturated rings. The fourth-order valence-electron chi connectivity index (χ4n) is 3.46. The van der Waals surface area contributed by atoms with E-state index < -0.39 is 0 Å². The predicted molar refractivity (Wildman–Crippen MR) is 116 cm³/mol. The van der Waals surface area contributed by atoms with Crippen molar-refractivity contribution >= 4 is 34.1 Å². The van der Waals surface area contributed by atoms with Gasteiger partial charge in [0, 0.05) is 39.3 Å². The summed E-state index contributed by atoms with van der Waals surface area (Å²) in [5, 5.41) is 3.39. The summed E-state index contributed by atoms with van der Waals surface area (Å²) in [4.78, 5) is 43.8. The summed E-state index contributed by atoms with van der Waals surface area (Å²) in [6, 6.07) is 5.04. The van der Waals surface area contributed by atoms with Crippen molar-refractivity contribution < 1.29 is 18.8 Å². The molecular formula is C21H28N4O4S. The minimum atomic E-state index is -0.341. The zero-order valence-corrected chi connectivity index (χ0v) is 18.5. The van der Waals surface area contributed by atoms with Crippen LogP contribution in [0.2, 0.25) is 0 Å². The van der Waals surface area contributed by atoms with Gasteiger partial charge in [-0.05, 0) is 44.5 Å². The van der Waals surface area contributed by atoms with Gasteiger partial charge in [0.25, 0.3) is 11.8 Å². The third-order valence-corrected chi connectivity index (χ3v) is 6.37. The number of aryl methyl sites for hydroxylation is 1. The van der Waals surface area contributed by atoms with Gasteiger partial charge in [-0.3, -0.25) is 19.3 Å². The van der Waals surface area contributed by atoms with Gasteiger partial charge in [-0.1, -0.05) is 0 Å². The van der Waals surface area contributed by atoms with E-state index >= 15 is 0 Å². The highest BCUT2D eigenvalue weighted by Crippen LogP contribution is 2.28. The number of rotatable bonds is 7. The molecule has 1 saturated heterocycles. The van der Waals surface area contributed by atoms with E-state index in [-0.39, 0.29) is 23.5 Å². The van der Waals surface area contributed by atoms with E-state index in [9.17, 15) is 14.4 Å². The number of carbonyl (C=O) groups is 3. The van der Waals surface area contributed by atoms with Gasteiger partial charge in [-0.15, -0.1) is 11.3 Å². The number of amides is 3. The Balaban J connectivity index is 1.55. The number of carbonyl (C=O) groups excluding carboxylic acids is 3. The summed E-state index contributed by atoms with van der Waals surface area (Å²) in [5.41, 5.74) is 0.832. The molecule has 0 spiro atoms. The molecule has 0 aromatic carbocycles. The van der Waals surface area contributed by atoms with E-state index in [0.717, 1.165) is 5.56 Å². The Kier molecular flexibility index (Phi) is 7.28. The molecule has 30 heavy (non-hydrogen) atoms. The number of nitrogens with one attached hydrogen (secondary N) is 1. The molecule has 9 heteroatoms. The van der Waals surface area contributed by atoms with Crippen LogP contribution in [0.15, 0.2) is 28.9 Å². The number of thiophene rings is 1. The lowest BCUT2D eigenvalue weighted by Gasteiger charge is -2.35. The van der Waals surface area contributed by atoms with Gasteiger partial charge >= 0.3 is 0 Å². The highest BCUT2D eigenvalue weighted by molar-refractivity contribution is 7.18. The second-order valence-corrected chi connectivity index (χ2v) is 8.24. The first-order valence-corrected chi connectivity index (χ1v) is 11.0. The van der Waals surface area contributed by atoms with Crippen molar-refractivity contribution in [1.29, 1.82) is 0 Å². The van der Waals surface area contributed by atoms with Crippen LogP contribution < -0.4 is 5.32 Å². The molecule has 0 atom stereocenters. The minimum absolute atomic E-state index is 0.0364. The summed E-state index contributed by atoms with van der Waals surface area (Å²) in [6.45, 7) is 10.1. The maximum atomic E-state index is 13.0. The van der Waals surface area contributed by atoms with E-state index in [0.29, 0.717) is 55.7 Å². The lowest BCUT2D eigenvalue weighted by Crippen LogP contribution is -2.51. The largest absolute Gasteiger partial charge is 0.459 e. The van der Waals surface area contributed by atoms with Gasteiger partial charge in [0.15, 0.2) is 5.76 Å². The van der Waals surface area contributed by atoms with Crippen LogP contribution >= 0.6 is 11.3 Å². The first-order valence-electron chi connectivity index (χ1n) is 10.2. The van der Waals surface area contributed by atoms with Crippen LogP contribution in [0.25, 0.3) is 0 Å². The molecule has 0 aliphatic carbocycles. The van der Waals surface area contributed by atoms with Crippen LogP contribution in [0.4, 0.5) is 5.00 Å². The molecule has 0 saturated carbocycles. The molecule has 162 valence electrons. The Morgan fingerprint density at radius 3 is 2.47 bits per heavy atom.